The molecule has 0 saturated carbocycles. The Kier molecular flexibility index (Phi) is 12.1. The average molecular weight is 443 g/mol. The Morgan fingerprint density at radius 3 is 1.39 bits per heavy atom. The molecular weight excluding hydrogens is 400 g/mol. The summed E-state index contributed by atoms with van der Waals surface area (Å²) in [6.07, 6.45) is 4.15. The zero-order valence-corrected chi connectivity index (χ0v) is 20.9. The zero-order valence-electron chi connectivity index (χ0n) is 19.9. The Morgan fingerprint density at radius 2 is 1.06 bits per heavy atom. The minimum Gasteiger partial charge on any atom is -0.387 e. The van der Waals surface area contributed by atoms with Crippen LogP contribution in [-0.2, 0) is 8.85 Å². The highest BCUT2D eigenvalue weighted by molar-refractivity contribution is 6.67. The molecule has 0 saturated heterocycles. The molecule has 0 fully saturated rings. The van der Waals surface area contributed by atoms with Gasteiger partial charge in [0.2, 0.25) is 0 Å². The highest BCUT2D eigenvalue weighted by Crippen LogP contribution is 2.36. The summed E-state index contributed by atoms with van der Waals surface area (Å²) in [5, 5.41) is 6.60. The van der Waals surface area contributed by atoms with Crippen molar-refractivity contribution in [2.75, 3.05) is 27.2 Å². The number of hydrogen-bond donors (Lipinski definition) is 2. The molecule has 0 aromatic heterocycles. The monoisotopic (exact) mass is 442 g/mol. The molecule has 0 spiro atoms. The van der Waals surface area contributed by atoms with Gasteiger partial charge in [0.1, 0.15) is 0 Å². The Hall–Kier alpha value is -1.50. The van der Waals surface area contributed by atoms with E-state index in [1.54, 1.807) is 0 Å². The smallest absolute Gasteiger partial charge is 0.339 e. The lowest BCUT2D eigenvalue weighted by Crippen LogP contribution is -2.44. The van der Waals surface area contributed by atoms with Crippen LogP contribution in [0.3, 0.4) is 0 Å². The molecule has 31 heavy (non-hydrogen) atoms. The minimum atomic E-state index is -2.44. The van der Waals surface area contributed by atoms with Crippen LogP contribution >= 0.6 is 0 Å². The molecule has 2 atom stereocenters. The summed E-state index contributed by atoms with van der Waals surface area (Å²) in [6, 6.07) is 23.4. The lowest BCUT2D eigenvalue weighted by molar-refractivity contribution is 0.0677. The number of rotatable bonds is 16. The summed E-state index contributed by atoms with van der Waals surface area (Å²) in [7, 11) is 1.57. The second-order valence-corrected chi connectivity index (χ2v) is 11.5. The molecule has 172 valence electrons. The van der Waals surface area contributed by atoms with Gasteiger partial charge in [-0.2, -0.15) is 0 Å². The molecule has 0 aliphatic rings. The Morgan fingerprint density at radius 1 is 0.677 bits per heavy atom. The fourth-order valence-electron chi connectivity index (χ4n) is 4.14. The van der Waals surface area contributed by atoms with E-state index in [0.717, 1.165) is 50.9 Å². The molecule has 0 aliphatic heterocycles. The van der Waals surface area contributed by atoms with Gasteiger partial charge in [-0.05, 0) is 63.2 Å². The van der Waals surface area contributed by atoms with Crippen molar-refractivity contribution in [1.82, 2.24) is 10.6 Å². The van der Waals surface area contributed by atoms with E-state index in [-0.39, 0.29) is 12.2 Å². The second kappa shape index (κ2) is 14.5. The van der Waals surface area contributed by atoms with Crippen LogP contribution in [0.25, 0.3) is 0 Å². The van der Waals surface area contributed by atoms with Crippen LogP contribution in [0.1, 0.15) is 62.9 Å². The molecule has 2 unspecified atom stereocenters. The standard InChI is InChI=1S/C26H42N2O2Si/c1-5-21-31(22-6-2,29-25(17-19-27-3)23-13-9-7-10-14-23)30-26(18-20-28-4)24-15-11-8-12-16-24/h7-16,25-28H,5-6,17-22H2,1-4H3. The van der Waals surface area contributed by atoms with Crippen LogP contribution in [0.2, 0.25) is 12.1 Å². The summed E-state index contributed by atoms with van der Waals surface area (Å²) in [4.78, 5) is 0. The van der Waals surface area contributed by atoms with Crippen molar-refractivity contribution in [3.05, 3.63) is 71.8 Å². The topological polar surface area (TPSA) is 42.5 Å². The van der Waals surface area contributed by atoms with Crippen molar-refractivity contribution < 1.29 is 8.85 Å². The van der Waals surface area contributed by atoms with Crippen molar-refractivity contribution in [2.24, 2.45) is 0 Å². The molecule has 2 aromatic rings. The molecule has 0 amide bonds. The SMILES string of the molecule is CCC[Si](CCC)(OC(CCNC)c1ccccc1)OC(CCNC)c1ccccc1. The Bertz CT molecular complexity index is 638. The third-order valence-corrected chi connectivity index (χ3v) is 9.58. The molecule has 5 heteroatoms. The summed E-state index contributed by atoms with van der Waals surface area (Å²) < 4.78 is 14.2. The van der Waals surface area contributed by atoms with Gasteiger partial charge in [-0.25, -0.2) is 0 Å². The highest BCUT2D eigenvalue weighted by Gasteiger charge is 2.41. The number of benzene rings is 2. The Labute approximate surface area is 191 Å². The zero-order chi connectivity index (χ0) is 22.4. The maximum atomic E-state index is 7.10. The van der Waals surface area contributed by atoms with E-state index in [2.05, 4.69) is 85.1 Å². The number of hydrogen-bond acceptors (Lipinski definition) is 4. The molecule has 2 aromatic carbocycles. The lowest BCUT2D eigenvalue weighted by atomic mass is 10.1. The van der Waals surface area contributed by atoms with E-state index in [9.17, 15) is 0 Å². The van der Waals surface area contributed by atoms with Gasteiger partial charge in [0, 0.05) is 0 Å². The average Bonchev–Trinajstić information content (AvgIpc) is 2.81. The molecule has 0 radical (unpaired) electrons. The summed E-state index contributed by atoms with van der Waals surface area (Å²) >= 11 is 0. The lowest BCUT2D eigenvalue weighted by Gasteiger charge is -2.38. The van der Waals surface area contributed by atoms with Crippen molar-refractivity contribution in [1.29, 1.82) is 0 Å². The minimum absolute atomic E-state index is 0.0548. The third kappa shape index (κ3) is 8.51. The van der Waals surface area contributed by atoms with Crippen molar-refractivity contribution in [2.45, 2.75) is 63.8 Å². The van der Waals surface area contributed by atoms with Crippen molar-refractivity contribution >= 4 is 8.56 Å². The maximum absolute atomic E-state index is 7.10. The fourth-order valence-corrected chi connectivity index (χ4v) is 7.99. The van der Waals surface area contributed by atoms with E-state index < -0.39 is 8.56 Å². The van der Waals surface area contributed by atoms with Crippen LogP contribution in [0, 0.1) is 0 Å². The molecule has 0 aliphatic carbocycles. The van der Waals surface area contributed by atoms with Crippen LogP contribution < -0.4 is 10.6 Å². The second-order valence-electron chi connectivity index (χ2n) is 8.23. The highest BCUT2D eigenvalue weighted by atomic mass is 28.4. The first-order chi connectivity index (χ1) is 15.2. The van der Waals surface area contributed by atoms with E-state index in [0.29, 0.717) is 0 Å². The maximum Gasteiger partial charge on any atom is 0.339 e. The fraction of sp³-hybridized carbons (Fsp3) is 0.538. The van der Waals surface area contributed by atoms with Gasteiger partial charge >= 0.3 is 8.56 Å². The molecule has 2 rings (SSSR count). The van der Waals surface area contributed by atoms with E-state index >= 15 is 0 Å². The predicted molar refractivity (Wildman–Crippen MR) is 134 cm³/mol. The van der Waals surface area contributed by atoms with Gasteiger partial charge in [0.15, 0.2) is 0 Å². The van der Waals surface area contributed by atoms with Gasteiger partial charge in [0.25, 0.3) is 0 Å². The van der Waals surface area contributed by atoms with Crippen molar-refractivity contribution in [3.63, 3.8) is 0 Å². The first-order valence-electron chi connectivity index (χ1n) is 11.9. The van der Waals surface area contributed by atoms with Crippen LogP contribution in [0.5, 0.6) is 0 Å². The summed E-state index contributed by atoms with van der Waals surface area (Å²) in [5.74, 6) is 0. The van der Waals surface area contributed by atoms with E-state index in [1.165, 1.54) is 11.1 Å². The summed E-state index contributed by atoms with van der Waals surface area (Å²) in [6.45, 7) is 6.34. The third-order valence-electron chi connectivity index (χ3n) is 5.63. The first kappa shape index (κ1) is 25.8. The quantitative estimate of drug-likeness (QED) is 0.314. The molecule has 2 N–H and O–H groups in total. The molecular formula is C26H42N2O2Si. The normalized spacial score (nSPS) is 13.8. The van der Waals surface area contributed by atoms with E-state index in [1.807, 2.05) is 14.1 Å². The van der Waals surface area contributed by atoms with Crippen molar-refractivity contribution in [3.8, 4) is 0 Å². The Balaban J connectivity index is 2.35. The predicted octanol–water partition coefficient (Wildman–Crippen LogP) is 5.98. The summed E-state index contributed by atoms with van der Waals surface area (Å²) in [5.41, 5.74) is 2.49. The van der Waals surface area contributed by atoms with Gasteiger partial charge in [-0.15, -0.1) is 0 Å². The van der Waals surface area contributed by atoms with Crippen LogP contribution in [0.15, 0.2) is 60.7 Å². The first-order valence-corrected chi connectivity index (χ1v) is 14.2. The van der Waals surface area contributed by atoms with Gasteiger partial charge in [0.05, 0.1) is 12.2 Å². The van der Waals surface area contributed by atoms with Crippen LogP contribution in [0.4, 0.5) is 0 Å². The molecule has 0 bridgehead atoms. The van der Waals surface area contributed by atoms with Gasteiger partial charge < -0.3 is 19.5 Å². The van der Waals surface area contributed by atoms with Crippen LogP contribution in [-0.4, -0.2) is 35.7 Å². The van der Waals surface area contributed by atoms with E-state index in [4.69, 9.17) is 8.85 Å². The van der Waals surface area contributed by atoms with Gasteiger partial charge in [-0.3, -0.25) is 0 Å². The van der Waals surface area contributed by atoms with Gasteiger partial charge in [-0.1, -0.05) is 87.4 Å². The molecule has 0 heterocycles. The number of nitrogens with one attached hydrogen (secondary N) is 2. The molecule has 4 nitrogen and oxygen atoms in total. The largest absolute Gasteiger partial charge is 0.387 e.